The smallest absolute Gasteiger partial charge is 0.335 e. The minimum atomic E-state index is -1.18. The van der Waals surface area contributed by atoms with Gasteiger partial charge in [-0.3, -0.25) is 14.5 Å². The zero-order valence-electron chi connectivity index (χ0n) is 19.5. The maximum atomic E-state index is 13.4. The van der Waals surface area contributed by atoms with Crippen LogP contribution in [0.3, 0.4) is 0 Å². The van der Waals surface area contributed by atoms with E-state index in [2.05, 4.69) is 0 Å². The molecule has 1 atom stereocenters. The molecule has 8 nitrogen and oxygen atoms in total. The predicted molar refractivity (Wildman–Crippen MR) is 133 cm³/mol. The first-order chi connectivity index (χ1) is 17.3. The number of methoxy groups -OCH3 is 2. The van der Waals surface area contributed by atoms with Crippen molar-refractivity contribution >= 4 is 29.4 Å². The molecular formula is C28H23NO7. The fourth-order valence-electron chi connectivity index (χ4n) is 4.09. The van der Waals surface area contributed by atoms with E-state index in [1.54, 1.807) is 24.3 Å². The molecular weight excluding hydrogens is 462 g/mol. The summed E-state index contributed by atoms with van der Waals surface area (Å²) in [7, 11) is 2.92. The van der Waals surface area contributed by atoms with E-state index in [0.717, 1.165) is 5.56 Å². The van der Waals surface area contributed by atoms with E-state index in [9.17, 15) is 24.6 Å². The van der Waals surface area contributed by atoms with Crippen LogP contribution in [0.25, 0.3) is 6.08 Å². The number of carbonyl (C=O) groups excluding carboxylic acids is 2. The molecule has 0 aliphatic carbocycles. The van der Waals surface area contributed by atoms with Crippen LogP contribution in [-0.4, -0.2) is 42.1 Å². The van der Waals surface area contributed by atoms with Gasteiger partial charge in [-0.05, 0) is 48.0 Å². The maximum absolute atomic E-state index is 13.4. The summed E-state index contributed by atoms with van der Waals surface area (Å²) >= 11 is 0. The van der Waals surface area contributed by atoms with Crippen molar-refractivity contribution in [2.45, 2.75) is 6.04 Å². The third-order valence-electron chi connectivity index (χ3n) is 5.80. The number of ether oxygens (including phenoxy) is 2. The topological polar surface area (TPSA) is 113 Å². The van der Waals surface area contributed by atoms with Crippen LogP contribution < -0.4 is 14.4 Å². The average Bonchev–Trinajstić information content (AvgIpc) is 3.17. The number of anilines is 1. The number of aliphatic hydroxyl groups is 1. The minimum Gasteiger partial charge on any atom is -0.503 e. The second kappa shape index (κ2) is 10.2. The van der Waals surface area contributed by atoms with Crippen LogP contribution in [-0.2, 0) is 9.59 Å². The van der Waals surface area contributed by atoms with E-state index in [4.69, 9.17) is 9.47 Å². The van der Waals surface area contributed by atoms with Crippen molar-refractivity contribution in [3.63, 3.8) is 0 Å². The molecule has 1 heterocycles. The van der Waals surface area contributed by atoms with E-state index in [1.807, 2.05) is 30.3 Å². The molecule has 1 amide bonds. The van der Waals surface area contributed by atoms with Crippen LogP contribution in [0.15, 0.2) is 90.2 Å². The van der Waals surface area contributed by atoms with Crippen LogP contribution in [0.4, 0.5) is 5.69 Å². The third kappa shape index (κ3) is 4.56. The Morgan fingerprint density at radius 1 is 0.944 bits per heavy atom. The first-order valence-electron chi connectivity index (χ1n) is 10.9. The van der Waals surface area contributed by atoms with Gasteiger partial charge in [0.2, 0.25) is 0 Å². The predicted octanol–water partition coefficient (Wildman–Crippen LogP) is 4.58. The SMILES string of the molecule is COc1ccc(OC)c([C@H]2C(C(=O)/C=C/c3ccccc3)=C(O)C(=O)N2c2cccc(C(=O)O)c2)c1. The number of ketones is 1. The molecule has 0 radical (unpaired) electrons. The van der Waals surface area contributed by atoms with Crippen molar-refractivity contribution < 1.29 is 34.1 Å². The number of hydrogen-bond acceptors (Lipinski definition) is 6. The summed E-state index contributed by atoms with van der Waals surface area (Å²) in [6, 6.07) is 18.6. The van der Waals surface area contributed by atoms with Gasteiger partial charge in [0.15, 0.2) is 11.5 Å². The van der Waals surface area contributed by atoms with Crippen LogP contribution in [0, 0.1) is 0 Å². The molecule has 0 saturated carbocycles. The second-order valence-corrected chi connectivity index (χ2v) is 7.91. The monoisotopic (exact) mass is 485 g/mol. The Morgan fingerprint density at radius 2 is 1.69 bits per heavy atom. The fourth-order valence-corrected chi connectivity index (χ4v) is 4.09. The summed E-state index contributed by atoms with van der Waals surface area (Å²) in [6.07, 6.45) is 2.87. The molecule has 1 aliphatic heterocycles. The summed E-state index contributed by atoms with van der Waals surface area (Å²) in [5.41, 5.74) is 1.11. The summed E-state index contributed by atoms with van der Waals surface area (Å²) < 4.78 is 10.9. The van der Waals surface area contributed by atoms with Gasteiger partial charge in [-0.25, -0.2) is 4.79 Å². The Kier molecular flexibility index (Phi) is 6.87. The van der Waals surface area contributed by atoms with Gasteiger partial charge in [-0.2, -0.15) is 0 Å². The van der Waals surface area contributed by atoms with Gasteiger partial charge >= 0.3 is 5.97 Å². The molecule has 3 aromatic rings. The number of aliphatic hydroxyl groups excluding tert-OH is 1. The lowest BCUT2D eigenvalue weighted by molar-refractivity contribution is -0.117. The number of carbonyl (C=O) groups is 3. The van der Waals surface area contributed by atoms with Gasteiger partial charge in [-0.1, -0.05) is 42.5 Å². The number of hydrogen-bond donors (Lipinski definition) is 2. The number of carboxylic acid groups (broad SMARTS) is 1. The lowest BCUT2D eigenvalue weighted by Crippen LogP contribution is -2.31. The van der Waals surface area contributed by atoms with Crippen molar-refractivity contribution in [1.29, 1.82) is 0 Å². The van der Waals surface area contributed by atoms with Gasteiger partial charge in [-0.15, -0.1) is 0 Å². The minimum absolute atomic E-state index is 0.0557. The summed E-state index contributed by atoms with van der Waals surface area (Å²) in [5.74, 6) is -2.55. The Balaban J connectivity index is 1.89. The summed E-state index contributed by atoms with van der Waals surface area (Å²) in [4.78, 5) is 39.5. The van der Waals surface area contributed by atoms with E-state index >= 15 is 0 Å². The fraction of sp³-hybridized carbons (Fsp3) is 0.107. The zero-order valence-corrected chi connectivity index (χ0v) is 19.5. The molecule has 8 heteroatoms. The van der Waals surface area contributed by atoms with Crippen LogP contribution in [0.2, 0.25) is 0 Å². The van der Waals surface area contributed by atoms with E-state index in [1.165, 1.54) is 49.5 Å². The van der Waals surface area contributed by atoms with Gasteiger partial charge < -0.3 is 19.7 Å². The molecule has 182 valence electrons. The van der Waals surface area contributed by atoms with Crippen LogP contribution in [0.5, 0.6) is 11.5 Å². The quantitative estimate of drug-likeness (QED) is 0.449. The highest BCUT2D eigenvalue weighted by Gasteiger charge is 2.45. The number of nitrogens with zero attached hydrogens (tertiary/aromatic N) is 1. The molecule has 3 aromatic carbocycles. The lowest BCUT2D eigenvalue weighted by atomic mass is 9.94. The maximum Gasteiger partial charge on any atom is 0.335 e. The highest BCUT2D eigenvalue weighted by molar-refractivity contribution is 6.20. The Morgan fingerprint density at radius 3 is 2.36 bits per heavy atom. The molecule has 36 heavy (non-hydrogen) atoms. The number of allylic oxidation sites excluding steroid dienone is 1. The highest BCUT2D eigenvalue weighted by atomic mass is 16.5. The number of aromatic carboxylic acids is 1. The number of carboxylic acids is 1. The molecule has 4 rings (SSSR count). The number of benzene rings is 3. The zero-order chi connectivity index (χ0) is 25.8. The Labute approximate surface area is 207 Å². The van der Waals surface area contributed by atoms with Crippen molar-refractivity contribution in [2.75, 3.05) is 19.1 Å². The van der Waals surface area contributed by atoms with Crippen LogP contribution in [0.1, 0.15) is 27.5 Å². The van der Waals surface area contributed by atoms with Gasteiger partial charge in [0.05, 0.1) is 31.4 Å². The Hall–Kier alpha value is -4.85. The van der Waals surface area contributed by atoms with E-state index in [-0.39, 0.29) is 16.8 Å². The van der Waals surface area contributed by atoms with Crippen LogP contribution >= 0.6 is 0 Å². The first-order valence-corrected chi connectivity index (χ1v) is 10.9. The van der Waals surface area contributed by atoms with Crippen molar-refractivity contribution in [2.24, 2.45) is 0 Å². The van der Waals surface area contributed by atoms with Gasteiger partial charge in [0, 0.05) is 11.3 Å². The largest absolute Gasteiger partial charge is 0.503 e. The summed E-state index contributed by atoms with van der Waals surface area (Å²) in [5, 5.41) is 20.4. The van der Waals surface area contributed by atoms with Gasteiger partial charge in [0.25, 0.3) is 5.91 Å². The standard InChI is InChI=1S/C28H23NO7/c1-35-20-12-14-23(36-2)21(16-20)25-24(22(30)13-11-17-7-4-3-5-8-17)26(31)27(32)29(25)19-10-6-9-18(15-19)28(33)34/h3-16,25,31H,1-2H3,(H,33,34)/b13-11+/t25-/m0/s1. The molecule has 0 aromatic heterocycles. The second-order valence-electron chi connectivity index (χ2n) is 7.91. The Bertz CT molecular complexity index is 1390. The number of amides is 1. The molecule has 0 bridgehead atoms. The highest BCUT2D eigenvalue weighted by Crippen LogP contribution is 2.45. The van der Waals surface area contributed by atoms with Crippen molar-refractivity contribution in [3.8, 4) is 11.5 Å². The average molecular weight is 485 g/mol. The molecule has 1 aliphatic rings. The number of rotatable bonds is 8. The van der Waals surface area contributed by atoms with Gasteiger partial charge in [0.1, 0.15) is 11.5 Å². The molecule has 0 fully saturated rings. The normalized spacial score (nSPS) is 15.4. The van der Waals surface area contributed by atoms with E-state index < -0.39 is 29.5 Å². The summed E-state index contributed by atoms with van der Waals surface area (Å²) in [6.45, 7) is 0. The third-order valence-corrected chi connectivity index (χ3v) is 5.80. The molecule has 2 N–H and O–H groups in total. The van der Waals surface area contributed by atoms with Crippen molar-refractivity contribution in [3.05, 3.63) is 107 Å². The molecule has 0 unspecified atom stereocenters. The first kappa shape index (κ1) is 24.3. The molecule has 0 saturated heterocycles. The lowest BCUT2D eigenvalue weighted by Gasteiger charge is -2.28. The molecule has 0 spiro atoms. The van der Waals surface area contributed by atoms with E-state index in [0.29, 0.717) is 17.1 Å². The van der Waals surface area contributed by atoms with Crippen molar-refractivity contribution in [1.82, 2.24) is 0 Å².